The molecule has 0 spiro atoms. The van der Waals surface area contributed by atoms with Gasteiger partial charge in [-0.3, -0.25) is 0 Å². The molecule has 0 aromatic heterocycles. The van der Waals surface area contributed by atoms with Crippen LogP contribution in [0.1, 0.15) is 71.8 Å². The Kier molecular flexibility index (Phi) is 7.50. The molecular weight excluding hydrogens is 313 g/mol. The van der Waals surface area contributed by atoms with Crippen molar-refractivity contribution < 1.29 is 14.1 Å². The van der Waals surface area contributed by atoms with Gasteiger partial charge in [-0.1, -0.05) is 62.8 Å². The zero-order valence-corrected chi connectivity index (χ0v) is 16.6. The fraction of sp³-hybridized carbons (Fsp3) is 0.700. The third-order valence-corrected chi connectivity index (χ3v) is 5.43. The number of hydroxylamine groups is 1. The van der Waals surface area contributed by atoms with E-state index in [1.165, 1.54) is 38.5 Å². The Labute approximate surface area is 153 Å². The van der Waals surface area contributed by atoms with Gasteiger partial charge < -0.3 is 14.1 Å². The Bertz CT molecular complexity index is 485. The Balaban J connectivity index is 0.000000316. The Morgan fingerprint density at radius 1 is 0.880 bits per heavy atom. The van der Waals surface area contributed by atoms with Gasteiger partial charge in [-0.15, -0.1) is 0 Å². The van der Waals surface area contributed by atoms with Crippen LogP contribution in [0.4, 0.5) is 0 Å². The Morgan fingerprint density at radius 3 is 1.72 bits per heavy atom. The van der Waals surface area contributed by atoms with Crippen molar-refractivity contribution in [3.8, 4) is 0 Å². The van der Waals surface area contributed by atoms with Gasteiger partial charge in [0.05, 0.1) is 18.3 Å². The maximum atomic E-state index is 6.01. The van der Waals surface area contributed by atoms with Gasteiger partial charge >= 0.3 is 7.12 Å². The highest BCUT2D eigenvalue weighted by atomic mass is 16.7. The molecule has 140 valence electrons. The van der Waals surface area contributed by atoms with Crippen LogP contribution < -0.4 is 10.9 Å². The molecule has 5 heteroatoms. The van der Waals surface area contributed by atoms with Gasteiger partial charge in [0.1, 0.15) is 0 Å². The first-order valence-corrected chi connectivity index (χ1v) is 9.56. The first-order valence-electron chi connectivity index (χ1n) is 9.56. The lowest BCUT2D eigenvalue weighted by atomic mass is 9.79. The molecule has 2 aliphatic rings. The fourth-order valence-electron chi connectivity index (χ4n) is 2.99. The fourth-order valence-corrected chi connectivity index (χ4v) is 2.99. The molecule has 1 heterocycles. The van der Waals surface area contributed by atoms with Crippen LogP contribution in [0.15, 0.2) is 24.3 Å². The normalized spacial score (nSPS) is 21.6. The quantitative estimate of drug-likeness (QED) is 0.661. The smallest absolute Gasteiger partial charge is 0.399 e. The predicted molar refractivity (Wildman–Crippen MR) is 104 cm³/mol. The number of hydrogen-bond donors (Lipinski definition) is 1. The van der Waals surface area contributed by atoms with E-state index in [-0.39, 0.29) is 18.3 Å². The van der Waals surface area contributed by atoms with Crippen molar-refractivity contribution in [1.29, 1.82) is 0 Å². The molecule has 1 N–H and O–H groups in total. The van der Waals surface area contributed by atoms with Crippen LogP contribution in [-0.2, 0) is 20.7 Å². The van der Waals surface area contributed by atoms with E-state index in [1.807, 2.05) is 24.3 Å². The van der Waals surface area contributed by atoms with E-state index >= 15 is 0 Å². The van der Waals surface area contributed by atoms with E-state index in [2.05, 4.69) is 33.2 Å². The van der Waals surface area contributed by atoms with E-state index < -0.39 is 0 Å². The molecule has 1 saturated heterocycles. The van der Waals surface area contributed by atoms with E-state index in [0.717, 1.165) is 11.0 Å². The molecule has 25 heavy (non-hydrogen) atoms. The molecule has 0 unspecified atom stereocenters. The lowest BCUT2D eigenvalue weighted by molar-refractivity contribution is 0.00578. The van der Waals surface area contributed by atoms with Crippen molar-refractivity contribution in [2.24, 2.45) is 0 Å². The van der Waals surface area contributed by atoms with E-state index in [4.69, 9.17) is 14.1 Å². The van der Waals surface area contributed by atoms with Crippen LogP contribution in [0, 0.1) is 0 Å². The van der Waals surface area contributed by atoms with Crippen LogP contribution in [0.25, 0.3) is 0 Å². The molecule has 0 amide bonds. The Hall–Kier alpha value is -0.875. The molecule has 1 saturated carbocycles. The molecule has 1 aliphatic heterocycles. The van der Waals surface area contributed by atoms with Gasteiger partial charge in [0.2, 0.25) is 0 Å². The second-order valence-corrected chi connectivity index (χ2v) is 7.98. The Morgan fingerprint density at radius 2 is 1.32 bits per heavy atom. The zero-order chi connectivity index (χ0) is 18.3. The van der Waals surface area contributed by atoms with Gasteiger partial charge in [0, 0.05) is 6.54 Å². The van der Waals surface area contributed by atoms with Crippen LogP contribution in [0.3, 0.4) is 0 Å². The molecule has 1 aliphatic carbocycles. The zero-order valence-electron chi connectivity index (χ0n) is 16.6. The average Bonchev–Trinajstić information content (AvgIpc) is 2.83. The van der Waals surface area contributed by atoms with E-state index in [0.29, 0.717) is 6.54 Å². The monoisotopic (exact) mass is 347 g/mol. The minimum atomic E-state index is -0.298. The minimum absolute atomic E-state index is 0.297. The van der Waals surface area contributed by atoms with E-state index in [9.17, 15) is 0 Å². The summed E-state index contributed by atoms with van der Waals surface area (Å²) in [4.78, 5) is 4.83. The summed E-state index contributed by atoms with van der Waals surface area (Å²) in [6, 6.07) is 8.17. The van der Waals surface area contributed by atoms with Gasteiger partial charge in [0.25, 0.3) is 0 Å². The van der Waals surface area contributed by atoms with Gasteiger partial charge in [-0.2, -0.15) is 5.48 Å². The summed E-state index contributed by atoms with van der Waals surface area (Å²) in [6.45, 7) is 8.92. The van der Waals surface area contributed by atoms with E-state index in [1.54, 1.807) is 7.11 Å². The highest BCUT2D eigenvalue weighted by molar-refractivity contribution is 6.62. The van der Waals surface area contributed by atoms with Crippen molar-refractivity contribution in [2.75, 3.05) is 7.11 Å². The summed E-state index contributed by atoms with van der Waals surface area (Å²) < 4.78 is 12.0. The van der Waals surface area contributed by atoms with Crippen molar-refractivity contribution >= 4 is 12.6 Å². The average molecular weight is 347 g/mol. The van der Waals surface area contributed by atoms with Crippen molar-refractivity contribution in [3.63, 3.8) is 0 Å². The summed E-state index contributed by atoms with van der Waals surface area (Å²) in [7, 11) is 1.31. The standard InChI is InChI=1S/C14H22BNO3.C6H12/c1-13(2)14(3,4)19-15(18-13)12-8-6-11(7-9-12)10-16-17-5;1-2-4-6-5-3-1/h6-9,16H,10H2,1-5H3;1-6H2. The second kappa shape index (κ2) is 9.18. The van der Waals surface area contributed by atoms with Gasteiger partial charge in [0.15, 0.2) is 0 Å². The SMILES string of the molecule is C1CCCCC1.CONCc1ccc(B2OC(C)(C)C(C)(C)O2)cc1. The maximum absolute atomic E-state index is 6.01. The third kappa shape index (κ3) is 5.82. The topological polar surface area (TPSA) is 39.7 Å². The van der Waals surface area contributed by atoms with Crippen molar-refractivity contribution in [1.82, 2.24) is 5.48 Å². The summed E-state index contributed by atoms with van der Waals surface area (Å²) >= 11 is 0. The largest absolute Gasteiger partial charge is 0.494 e. The lowest BCUT2D eigenvalue weighted by Crippen LogP contribution is -2.41. The number of benzene rings is 1. The third-order valence-electron chi connectivity index (χ3n) is 5.43. The highest BCUT2D eigenvalue weighted by Crippen LogP contribution is 2.36. The minimum Gasteiger partial charge on any atom is -0.399 e. The molecule has 2 fully saturated rings. The summed E-state index contributed by atoms with van der Waals surface area (Å²) in [5.74, 6) is 0. The second-order valence-electron chi connectivity index (χ2n) is 7.98. The molecule has 1 aromatic rings. The molecule has 0 radical (unpaired) electrons. The first kappa shape index (κ1) is 20.4. The number of hydrogen-bond acceptors (Lipinski definition) is 4. The molecular formula is C20H34BNO3. The predicted octanol–water partition coefficient (Wildman–Crippen LogP) is 3.98. The van der Waals surface area contributed by atoms with Crippen molar-refractivity contribution in [3.05, 3.63) is 29.8 Å². The van der Waals surface area contributed by atoms with Crippen LogP contribution in [-0.4, -0.2) is 25.4 Å². The molecule has 1 aromatic carbocycles. The van der Waals surface area contributed by atoms with Gasteiger partial charge in [-0.05, 0) is 38.7 Å². The van der Waals surface area contributed by atoms with Crippen LogP contribution in [0.5, 0.6) is 0 Å². The lowest BCUT2D eigenvalue weighted by Gasteiger charge is -2.32. The van der Waals surface area contributed by atoms with Crippen LogP contribution >= 0.6 is 0 Å². The summed E-state index contributed by atoms with van der Waals surface area (Å²) in [5.41, 5.74) is 4.42. The van der Waals surface area contributed by atoms with Crippen molar-refractivity contribution in [2.45, 2.75) is 84.0 Å². The molecule has 3 rings (SSSR count). The maximum Gasteiger partial charge on any atom is 0.494 e. The first-order chi connectivity index (χ1) is 11.9. The molecule has 0 atom stereocenters. The summed E-state index contributed by atoms with van der Waals surface area (Å²) in [6.07, 6.45) is 9.00. The number of nitrogens with one attached hydrogen (secondary N) is 1. The molecule has 4 nitrogen and oxygen atoms in total. The highest BCUT2D eigenvalue weighted by Gasteiger charge is 2.51. The summed E-state index contributed by atoms with van der Waals surface area (Å²) in [5, 5.41) is 0. The molecule has 0 bridgehead atoms. The van der Waals surface area contributed by atoms with Crippen LogP contribution in [0.2, 0.25) is 0 Å². The van der Waals surface area contributed by atoms with Gasteiger partial charge in [-0.25, -0.2) is 0 Å². The number of rotatable bonds is 4.